The highest BCUT2D eigenvalue weighted by Gasteiger charge is 2.33. The van der Waals surface area contributed by atoms with Crippen LogP contribution in [0.15, 0.2) is 23.1 Å². The standard InChI is InChI=1S/C13H18FNO3S/c1-2-10-5-6-15(8-10)19(17,18)13-7-12(14)4-3-11(13)9-16/h3-4,7,10,16H,2,5-6,8-9H2,1H3. The molecule has 0 aromatic heterocycles. The number of hydrogen-bond acceptors (Lipinski definition) is 3. The minimum atomic E-state index is -3.71. The maximum absolute atomic E-state index is 13.3. The van der Waals surface area contributed by atoms with Gasteiger partial charge in [0, 0.05) is 13.1 Å². The first-order valence-electron chi connectivity index (χ1n) is 6.38. The third-order valence-electron chi connectivity index (χ3n) is 3.64. The van der Waals surface area contributed by atoms with E-state index in [1.165, 1.54) is 10.4 Å². The van der Waals surface area contributed by atoms with Gasteiger partial charge in [0.15, 0.2) is 0 Å². The van der Waals surface area contributed by atoms with Crippen molar-refractivity contribution in [1.82, 2.24) is 4.31 Å². The Balaban J connectivity index is 2.37. The van der Waals surface area contributed by atoms with Gasteiger partial charge in [-0.1, -0.05) is 19.4 Å². The molecule has 1 N–H and O–H groups in total. The highest BCUT2D eigenvalue weighted by atomic mass is 32.2. The molecule has 19 heavy (non-hydrogen) atoms. The van der Waals surface area contributed by atoms with Gasteiger partial charge in [0.05, 0.1) is 11.5 Å². The van der Waals surface area contributed by atoms with Gasteiger partial charge >= 0.3 is 0 Å². The lowest BCUT2D eigenvalue weighted by molar-refractivity contribution is 0.278. The van der Waals surface area contributed by atoms with Crippen molar-refractivity contribution in [2.24, 2.45) is 5.92 Å². The summed E-state index contributed by atoms with van der Waals surface area (Å²) in [5, 5.41) is 9.21. The molecule has 1 aliphatic rings. The molecule has 0 aliphatic carbocycles. The summed E-state index contributed by atoms with van der Waals surface area (Å²) in [6, 6.07) is 3.46. The highest BCUT2D eigenvalue weighted by molar-refractivity contribution is 7.89. The molecular weight excluding hydrogens is 269 g/mol. The Labute approximate surface area is 112 Å². The minimum Gasteiger partial charge on any atom is -0.392 e. The van der Waals surface area contributed by atoms with E-state index in [2.05, 4.69) is 0 Å². The molecule has 1 aliphatic heterocycles. The van der Waals surface area contributed by atoms with Gasteiger partial charge < -0.3 is 5.11 Å². The third kappa shape index (κ3) is 2.80. The van der Waals surface area contributed by atoms with E-state index in [1.807, 2.05) is 6.92 Å². The quantitative estimate of drug-likeness (QED) is 0.917. The number of benzene rings is 1. The lowest BCUT2D eigenvalue weighted by atomic mass is 10.1. The summed E-state index contributed by atoms with van der Waals surface area (Å²) < 4.78 is 39.6. The monoisotopic (exact) mass is 287 g/mol. The second-order valence-electron chi connectivity index (χ2n) is 4.84. The summed E-state index contributed by atoms with van der Waals surface area (Å²) >= 11 is 0. The first kappa shape index (κ1) is 14.4. The van der Waals surface area contributed by atoms with Crippen molar-refractivity contribution in [3.8, 4) is 0 Å². The van der Waals surface area contributed by atoms with E-state index in [0.717, 1.165) is 25.0 Å². The van der Waals surface area contributed by atoms with E-state index in [0.29, 0.717) is 19.0 Å². The molecule has 2 rings (SSSR count). The van der Waals surface area contributed by atoms with Crippen LogP contribution in [0.2, 0.25) is 0 Å². The molecule has 4 nitrogen and oxygen atoms in total. The molecule has 0 radical (unpaired) electrons. The molecule has 6 heteroatoms. The van der Waals surface area contributed by atoms with Crippen LogP contribution in [0.3, 0.4) is 0 Å². The van der Waals surface area contributed by atoms with E-state index < -0.39 is 22.4 Å². The smallest absolute Gasteiger partial charge is 0.243 e. The number of rotatable bonds is 4. The fraction of sp³-hybridized carbons (Fsp3) is 0.538. The van der Waals surface area contributed by atoms with Crippen LogP contribution in [-0.2, 0) is 16.6 Å². The fourth-order valence-corrected chi connectivity index (χ4v) is 4.14. The van der Waals surface area contributed by atoms with Gasteiger partial charge in [-0.05, 0) is 30.0 Å². The normalized spacial score (nSPS) is 20.9. The van der Waals surface area contributed by atoms with Gasteiger partial charge in [0.1, 0.15) is 5.82 Å². The predicted molar refractivity (Wildman–Crippen MR) is 69.5 cm³/mol. The zero-order valence-electron chi connectivity index (χ0n) is 10.8. The zero-order valence-corrected chi connectivity index (χ0v) is 11.7. The minimum absolute atomic E-state index is 0.119. The van der Waals surface area contributed by atoms with Crippen LogP contribution < -0.4 is 0 Å². The van der Waals surface area contributed by atoms with E-state index in [-0.39, 0.29) is 10.5 Å². The Hall–Kier alpha value is -0.980. The van der Waals surface area contributed by atoms with Gasteiger partial charge in [0.25, 0.3) is 0 Å². The van der Waals surface area contributed by atoms with Crippen molar-refractivity contribution in [2.45, 2.75) is 31.3 Å². The molecule has 0 bridgehead atoms. The molecule has 1 aromatic carbocycles. The van der Waals surface area contributed by atoms with E-state index in [1.54, 1.807) is 0 Å². The summed E-state index contributed by atoms with van der Waals surface area (Å²) in [6.07, 6.45) is 1.77. The molecular formula is C13H18FNO3S. The number of aliphatic hydroxyl groups is 1. The number of halogens is 1. The second-order valence-corrected chi connectivity index (χ2v) is 6.74. The molecule has 1 heterocycles. The van der Waals surface area contributed by atoms with E-state index >= 15 is 0 Å². The molecule has 0 spiro atoms. The summed E-state index contributed by atoms with van der Waals surface area (Å²) in [4.78, 5) is -0.119. The molecule has 1 saturated heterocycles. The second kappa shape index (κ2) is 5.56. The number of hydrogen-bond donors (Lipinski definition) is 1. The first-order valence-corrected chi connectivity index (χ1v) is 7.82. The van der Waals surface area contributed by atoms with Crippen molar-refractivity contribution in [3.63, 3.8) is 0 Å². The lowest BCUT2D eigenvalue weighted by Crippen LogP contribution is -2.29. The van der Waals surface area contributed by atoms with Crippen molar-refractivity contribution < 1.29 is 17.9 Å². The Kier molecular flexibility index (Phi) is 4.23. The van der Waals surface area contributed by atoms with Gasteiger partial charge in [0.2, 0.25) is 10.0 Å². The topological polar surface area (TPSA) is 57.6 Å². The number of aliphatic hydroxyl groups excluding tert-OH is 1. The van der Waals surface area contributed by atoms with Crippen LogP contribution in [0.25, 0.3) is 0 Å². The first-order chi connectivity index (χ1) is 8.98. The molecule has 106 valence electrons. The maximum atomic E-state index is 13.3. The molecule has 1 unspecified atom stereocenters. The van der Waals surface area contributed by atoms with Crippen LogP contribution in [0.1, 0.15) is 25.3 Å². The Morgan fingerprint density at radius 2 is 2.21 bits per heavy atom. The van der Waals surface area contributed by atoms with Crippen LogP contribution in [-0.4, -0.2) is 30.9 Å². The molecule has 1 atom stereocenters. The van der Waals surface area contributed by atoms with Gasteiger partial charge in [-0.3, -0.25) is 0 Å². The number of nitrogens with zero attached hydrogens (tertiary/aromatic N) is 1. The lowest BCUT2D eigenvalue weighted by Gasteiger charge is -2.18. The Morgan fingerprint density at radius 3 is 2.79 bits per heavy atom. The van der Waals surface area contributed by atoms with Gasteiger partial charge in [-0.2, -0.15) is 4.31 Å². The van der Waals surface area contributed by atoms with Crippen molar-refractivity contribution >= 4 is 10.0 Å². The third-order valence-corrected chi connectivity index (χ3v) is 5.59. The summed E-state index contributed by atoms with van der Waals surface area (Å²) in [7, 11) is -3.71. The van der Waals surface area contributed by atoms with Gasteiger partial charge in [-0.25, -0.2) is 12.8 Å². The van der Waals surface area contributed by atoms with Crippen molar-refractivity contribution in [3.05, 3.63) is 29.6 Å². The average molecular weight is 287 g/mol. The van der Waals surface area contributed by atoms with Crippen LogP contribution in [0, 0.1) is 11.7 Å². The largest absolute Gasteiger partial charge is 0.392 e. The highest BCUT2D eigenvalue weighted by Crippen LogP contribution is 2.28. The Morgan fingerprint density at radius 1 is 1.47 bits per heavy atom. The van der Waals surface area contributed by atoms with E-state index in [9.17, 15) is 17.9 Å². The van der Waals surface area contributed by atoms with Crippen LogP contribution in [0.5, 0.6) is 0 Å². The van der Waals surface area contributed by atoms with Crippen LogP contribution >= 0.6 is 0 Å². The molecule has 1 aromatic rings. The Bertz CT molecular complexity index is 559. The van der Waals surface area contributed by atoms with Crippen molar-refractivity contribution in [1.29, 1.82) is 0 Å². The summed E-state index contributed by atoms with van der Waals surface area (Å²) in [6.45, 7) is 2.55. The fourth-order valence-electron chi connectivity index (χ4n) is 2.39. The average Bonchev–Trinajstić information content (AvgIpc) is 2.88. The van der Waals surface area contributed by atoms with E-state index in [4.69, 9.17) is 0 Å². The van der Waals surface area contributed by atoms with Crippen LogP contribution in [0.4, 0.5) is 4.39 Å². The predicted octanol–water partition coefficient (Wildman–Crippen LogP) is 1.74. The summed E-state index contributed by atoms with van der Waals surface area (Å²) in [5.74, 6) is -0.247. The maximum Gasteiger partial charge on any atom is 0.243 e. The number of sulfonamides is 1. The van der Waals surface area contributed by atoms with Gasteiger partial charge in [-0.15, -0.1) is 0 Å². The zero-order chi connectivity index (χ0) is 14.0. The van der Waals surface area contributed by atoms with Crippen molar-refractivity contribution in [2.75, 3.05) is 13.1 Å². The molecule has 0 saturated carbocycles. The molecule has 0 amide bonds. The molecule has 1 fully saturated rings. The summed E-state index contributed by atoms with van der Waals surface area (Å²) in [5.41, 5.74) is 0.237. The SMILES string of the molecule is CCC1CCN(S(=O)(=O)c2cc(F)ccc2CO)C1.